The third kappa shape index (κ3) is 5.73. The van der Waals surface area contributed by atoms with E-state index in [1.165, 1.54) is 6.92 Å². The Bertz CT molecular complexity index is 505. The van der Waals surface area contributed by atoms with Gasteiger partial charge in [-0.25, -0.2) is 0 Å². The van der Waals surface area contributed by atoms with Crippen molar-refractivity contribution in [3.8, 4) is 0 Å². The minimum absolute atomic E-state index is 0.352. The first-order valence-electron chi connectivity index (χ1n) is 6.72. The molecule has 0 saturated carbocycles. The summed E-state index contributed by atoms with van der Waals surface area (Å²) in [5.74, 6) is -2.54. The van der Waals surface area contributed by atoms with Gasteiger partial charge in [0, 0.05) is 24.7 Å². The van der Waals surface area contributed by atoms with Gasteiger partial charge < -0.3 is 14.9 Å². The number of carbonyl (C=O) groups excluding carboxylic acids is 1. The van der Waals surface area contributed by atoms with Gasteiger partial charge >= 0.3 is 5.97 Å². The summed E-state index contributed by atoms with van der Waals surface area (Å²) in [6.45, 7) is 2.89. The molecule has 1 atom stereocenters. The van der Waals surface area contributed by atoms with E-state index >= 15 is 0 Å². The number of amides is 1. The fourth-order valence-electron chi connectivity index (χ4n) is 1.82. The van der Waals surface area contributed by atoms with Crippen molar-refractivity contribution >= 4 is 23.5 Å². The number of hydrogen-bond acceptors (Lipinski definition) is 3. The van der Waals surface area contributed by atoms with Crippen molar-refractivity contribution in [1.29, 1.82) is 0 Å². The van der Waals surface area contributed by atoms with E-state index in [9.17, 15) is 9.59 Å². The highest BCUT2D eigenvalue weighted by atomic mass is 35.5. The molecule has 6 heteroatoms. The second-order valence-corrected chi connectivity index (χ2v) is 5.69. The molecule has 0 radical (unpaired) electrons. The summed E-state index contributed by atoms with van der Waals surface area (Å²) in [6, 6.07) is 7.22. The Kier molecular flexibility index (Phi) is 6.65. The largest absolute Gasteiger partial charge is 0.481 e. The molecule has 1 aromatic rings. The van der Waals surface area contributed by atoms with Gasteiger partial charge in [0.15, 0.2) is 0 Å². The minimum Gasteiger partial charge on any atom is -0.481 e. The van der Waals surface area contributed by atoms with Crippen LogP contribution < -0.4 is 0 Å². The average molecular weight is 313 g/mol. The van der Waals surface area contributed by atoms with Gasteiger partial charge in [-0.15, -0.1) is 0 Å². The van der Waals surface area contributed by atoms with Gasteiger partial charge in [-0.05, 0) is 38.7 Å². The fraction of sp³-hybridized carbons (Fsp3) is 0.467. The number of benzene rings is 1. The molecule has 1 amide bonds. The van der Waals surface area contributed by atoms with Gasteiger partial charge in [-0.2, -0.15) is 0 Å². The Morgan fingerprint density at radius 2 is 1.95 bits per heavy atom. The number of rotatable bonds is 7. The Balaban J connectivity index is 2.86. The van der Waals surface area contributed by atoms with Crippen LogP contribution in [0, 0.1) is 5.92 Å². The van der Waals surface area contributed by atoms with E-state index in [1.54, 1.807) is 17.0 Å². The number of carboxylic acid groups (broad SMARTS) is 1. The highest BCUT2D eigenvalue weighted by Gasteiger charge is 2.26. The van der Waals surface area contributed by atoms with Crippen LogP contribution in [0.3, 0.4) is 0 Å². The number of halogens is 1. The predicted octanol–water partition coefficient (Wildman–Crippen LogP) is 1.95. The van der Waals surface area contributed by atoms with E-state index in [-0.39, 0.29) is 5.91 Å². The Morgan fingerprint density at radius 3 is 2.48 bits per heavy atom. The van der Waals surface area contributed by atoms with Gasteiger partial charge in [-0.3, -0.25) is 9.59 Å². The maximum Gasteiger partial charge on any atom is 0.315 e. The Hall–Kier alpha value is -1.59. The molecular weight excluding hydrogens is 292 g/mol. The van der Waals surface area contributed by atoms with Crippen molar-refractivity contribution in [2.24, 2.45) is 5.92 Å². The lowest BCUT2D eigenvalue weighted by Gasteiger charge is -2.26. The molecule has 0 heterocycles. The topological polar surface area (TPSA) is 60.9 Å². The number of carboxylic acids is 1. The molecule has 0 fully saturated rings. The fourth-order valence-corrected chi connectivity index (χ4v) is 2.04. The van der Waals surface area contributed by atoms with Crippen molar-refractivity contribution in [2.45, 2.75) is 13.5 Å². The monoisotopic (exact) mass is 312 g/mol. The number of nitrogens with zero attached hydrogens (tertiary/aromatic N) is 2. The standard InChI is InChI=1S/C15H21ClN2O3/c1-11(15(20)21)14(19)18(8-7-17(2)3)10-12-5-4-6-13(16)9-12/h4-6,9,11H,7-8,10H2,1-3H3,(H,20,21). The summed E-state index contributed by atoms with van der Waals surface area (Å²) in [5, 5.41) is 9.61. The molecular formula is C15H21ClN2O3. The van der Waals surface area contributed by atoms with Crippen LogP contribution in [-0.2, 0) is 16.1 Å². The minimum atomic E-state index is -1.11. The third-order valence-electron chi connectivity index (χ3n) is 3.13. The van der Waals surface area contributed by atoms with Crippen molar-refractivity contribution in [3.63, 3.8) is 0 Å². The van der Waals surface area contributed by atoms with Crippen molar-refractivity contribution in [1.82, 2.24) is 9.80 Å². The molecule has 0 saturated heterocycles. The third-order valence-corrected chi connectivity index (χ3v) is 3.37. The Morgan fingerprint density at radius 1 is 1.29 bits per heavy atom. The van der Waals surface area contributed by atoms with Gasteiger partial charge in [0.1, 0.15) is 5.92 Å². The van der Waals surface area contributed by atoms with E-state index in [1.807, 2.05) is 31.1 Å². The van der Waals surface area contributed by atoms with E-state index in [4.69, 9.17) is 16.7 Å². The summed E-state index contributed by atoms with van der Waals surface area (Å²) in [5.41, 5.74) is 0.882. The molecule has 0 bridgehead atoms. The van der Waals surface area contributed by atoms with Crippen LogP contribution in [0.25, 0.3) is 0 Å². The van der Waals surface area contributed by atoms with E-state index < -0.39 is 11.9 Å². The summed E-state index contributed by atoms with van der Waals surface area (Å²) < 4.78 is 0. The molecule has 1 N–H and O–H groups in total. The van der Waals surface area contributed by atoms with Gasteiger partial charge in [-0.1, -0.05) is 23.7 Å². The average Bonchev–Trinajstić information content (AvgIpc) is 2.41. The smallest absolute Gasteiger partial charge is 0.315 e. The van der Waals surface area contributed by atoms with Crippen molar-refractivity contribution in [2.75, 3.05) is 27.2 Å². The van der Waals surface area contributed by atoms with Gasteiger partial charge in [0.25, 0.3) is 0 Å². The maximum atomic E-state index is 12.3. The van der Waals surface area contributed by atoms with E-state index in [2.05, 4.69) is 0 Å². The molecule has 0 aliphatic carbocycles. The van der Waals surface area contributed by atoms with E-state index in [0.29, 0.717) is 24.7 Å². The van der Waals surface area contributed by atoms with Crippen LogP contribution >= 0.6 is 11.6 Å². The number of likely N-dealkylation sites (N-methyl/N-ethyl adjacent to an activating group) is 1. The lowest BCUT2D eigenvalue weighted by Crippen LogP contribution is -2.41. The van der Waals surface area contributed by atoms with Gasteiger partial charge in [0.2, 0.25) is 5.91 Å². The molecule has 0 aliphatic rings. The second-order valence-electron chi connectivity index (χ2n) is 5.25. The normalized spacial score (nSPS) is 12.2. The predicted molar refractivity (Wildman–Crippen MR) is 82.2 cm³/mol. The summed E-state index contributed by atoms with van der Waals surface area (Å²) in [6.07, 6.45) is 0. The molecule has 1 aromatic carbocycles. The molecule has 5 nitrogen and oxygen atoms in total. The zero-order chi connectivity index (χ0) is 16.0. The second kappa shape index (κ2) is 8.00. The highest BCUT2D eigenvalue weighted by molar-refractivity contribution is 6.30. The lowest BCUT2D eigenvalue weighted by molar-refractivity contribution is -0.150. The number of carbonyl (C=O) groups is 2. The Labute approximate surface area is 130 Å². The number of hydrogen-bond donors (Lipinski definition) is 1. The molecule has 0 aromatic heterocycles. The SMILES string of the molecule is CC(C(=O)O)C(=O)N(CCN(C)C)Cc1cccc(Cl)c1. The first-order valence-corrected chi connectivity index (χ1v) is 7.10. The zero-order valence-corrected chi connectivity index (χ0v) is 13.3. The molecule has 1 rings (SSSR count). The number of aliphatic carboxylic acids is 1. The van der Waals surface area contributed by atoms with Crippen LogP contribution in [0.4, 0.5) is 0 Å². The van der Waals surface area contributed by atoms with Crippen LogP contribution in [0.5, 0.6) is 0 Å². The van der Waals surface area contributed by atoms with Crippen LogP contribution in [-0.4, -0.2) is 54.0 Å². The lowest BCUT2D eigenvalue weighted by atomic mass is 10.1. The van der Waals surface area contributed by atoms with Crippen molar-refractivity contribution in [3.05, 3.63) is 34.9 Å². The van der Waals surface area contributed by atoms with E-state index in [0.717, 1.165) is 5.56 Å². The first kappa shape index (κ1) is 17.5. The van der Waals surface area contributed by atoms with Crippen LogP contribution in [0.1, 0.15) is 12.5 Å². The van der Waals surface area contributed by atoms with Crippen LogP contribution in [0.2, 0.25) is 5.02 Å². The molecule has 116 valence electrons. The van der Waals surface area contributed by atoms with Gasteiger partial charge in [0.05, 0.1) is 0 Å². The van der Waals surface area contributed by atoms with Crippen molar-refractivity contribution < 1.29 is 14.7 Å². The molecule has 1 unspecified atom stereocenters. The summed E-state index contributed by atoms with van der Waals surface area (Å²) in [7, 11) is 3.81. The first-order chi connectivity index (χ1) is 9.81. The van der Waals surface area contributed by atoms with Crippen LogP contribution in [0.15, 0.2) is 24.3 Å². The quantitative estimate of drug-likeness (QED) is 0.782. The maximum absolute atomic E-state index is 12.3. The highest BCUT2D eigenvalue weighted by Crippen LogP contribution is 2.14. The molecule has 0 spiro atoms. The summed E-state index contributed by atoms with van der Waals surface area (Å²) >= 11 is 5.94. The zero-order valence-electron chi connectivity index (χ0n) is 12.5. The summed E-state index contributed by atoms with van der Waals surface area (Å²) in [4.78, 5) is 26.8. The molecule has 21 heavy (non-hydrogen) atoms. The molecule has 0 aliphatic heterocycles.